The number of carbonyl (C=O) groups excluding carboxylic acids is 2. The highest BCUT2D eigenvalue weighted by molar-refractivity contribution is 9.10. The van der Waals surface area contributed by atoms with Crippen LogP contribution in [0.15, 0.2) is 46.9 Å². The van der Waals surface area contributed by atoms with Gasteiger partial charge in [-0.3, -0.25) is 9.59 Å². The maximum absolute atomic E-state index is 12.3. The van der Waals surface area contributed by atoms with Gasteiger partial charge in [0.25, 0.3) is 5.91 Å². The van der Waals surface area contributed by atoms with Gasteiger partial charge in [0.2, 0.25) is 5.91 Å². The minimum absolute atomic E-state index is 0.116. The van der Waals surface area contributed by atoms with Crippen molar-refractivity contribution in [1.82, 2.24) is 5.32 Å². The number of nitrogens with zero attached hydrogens (tertiary/aromatic N) is 1. The summed E-state index contributed by atoms with van der Waals surface area (Å²) in [5.74, 6) is 0.739. The number of carbonyl (C=O) groups is 2. The summed E-state index contributed by atoms with van der Waals surface area (Å²) >= 11 is 3.39. The van der Waals surface area contributed by atoms with Gasteiger partial charge in [-0.05, 0) is 48.4 Å². The molecule has 136 valence electrons. The van der Waals surface area contributed by atoms with E-state index in [2.05, 4.69) is 21.2 Å². The number of hydrogen-bond donors (Lipinski definition) is 1. The fourth-order valence-corrected chi connectivity index (χ4v) is 3.36. The number of rotatable bonds is 6. The lowest BCUT2D eigenvalue weighted by molar-refractivity contribution is -0.118. The number of anilines is 1. The molecule has 2 aromatic rings. The second-order valence-corrected chi connectivity index (χ2v) is 6.97. The number of amides is 2. The summed E-state index contributed by atoms with van der Waals surface area (Å²) in [4.78, 5) is 26.1. The van der Waals surface area contributed by atoms with E-state index in [-0.39, 0.29) is 11.8 Å². The Kier molecular flexibility index (Phi) is 5.93. The molecule has 0 atom stereocenters. The van der Waals surface area contributed by atoms with Crippen molar-refractivity contribution < 1.29 is 14.3 Å². The first-order valence-corrected chi connectivity index (χ1v) is 9.47. The first-order valence-electron chi connectivity index (χ1n) is 8.68. The van der Waals surface area contributed by atoms with Crippen LogP contribution in [0.5, 0.6) is 5.75 Å². The van der Waals surface area contributed by atoms with Crippen LogP contribution in [-0.4, -0.2) is 31.5 Å². The van der Waals surface area contributed by atoms with Crippen molar-refractivity contribution in [2.24, 2.45) is 0 Å². The van der Waals surface area contributed by atoms with E-state index in [0.717, 1.165) is 27.9 Å². The predicted molar refractivity (Wildman–Crippen MR) is 105 cm³/mol. The van der Waals surface area contributed by atoms with Crippen LogP contribution in [0.2, 0.25) is 0 Å². The molecule has 0 radical (unpaired) electrons. The van der Waals surface area contributed by atoms with Gasteiger partial charge in [0.15, 0.2) is 0 Å². The topological polar surface area (TPSA) is 58.6 Å². The molecular formula is C20H21BrN2O3. The highest BCUT2D eigenvalue weighted by Gasteiger charge is 2.24. The highest BCUT2D eigenvalue weighted by Crippen LogP contribution is 2.29. The Morgan fingerprint density at radius 1 is 1.23 bits per heavy atom. The lowest BCUT2D eigenvalue weighted by atomic mass is 10.1. The third-order valence-electron chi connectivity index (χ3n) is 4.29. The van der Waals surface area contributed by atoms with Crippen molar-refractivity contribution in [3.05, 3.63) is 58.1 Å². The minimum atomic E-state index is -0.133. The molecule has 0 fully saturated rings. The molecule has 1 N–H and O–H groups in total. The van der Waals surface area contributed by atoms with E-state index in [4.69, 9.17) is 4.74 Å². The summed E-state index contributed by atoms with van der Waals surface area (Å²) in [7, 11) is 0. The minimum Gasteiger partial charge on any atom is -0.492 e. The lowest BCUT2D eigenvalue weighted by Crippen LogP contribution is -2.28. The van der Waals surface area contributed by atoms with Gasteiger partial charge in [0, 0.05) is 28.7 Å². The lowest BCUT2D eigenvalue weighted by Gasteiger charge is -2.16. The van der Waals surface area contributed by atoms with E-state index in [1.807, 2.05) is 43.3 Å². The number of halogens is 1. The zero-order valence-corrected chi connectivity index (χ0v) is 16.2. The Hall–Kier alpha value is -2.34. The fourth-order valence-electron chi connectivity index (χ4n) is 2.99. The van der Waals surface area contributed by atoms with Crippen molar-refractivity contribution >= 4 is 33.4 Å². The van der Waals surface area contributed by atoms with Crippen LogP contribution in [0.4, 0.5) is 5.69 Å². The second-order valence-electron chi connectivity index (χ2n) is 6.05. The molecule has 2 amide bonds. The van der Waals surface area contributed by atoms with Crippen LogP contribution in [0, 0.1) is 0 Å². The van der Waals surface area contributed by atoms with Gasteiger partial charge in [0.05, 0.1) is 6.54 Å². The zero-order chi connectivity index (χ0) is 18.5. The summed E-state index contributed by atoms with van der Waals surface area (Å²) in [6.07, 6.45) is 1.27. The van der Waals surface area contributed by atoms with E-state index in [9.17, 15) is 9.59 Å². The molecule has 2 aromatic carbocycles. The molecule has 1 heterocycles. The van der Waals surface area contributed by atoms with Crippen molar-refractivity contribution in [3.63, 3.8) is 0 Å². The second kappa shape index (κ2) is 8.36. The monoisotopic (exact) mass is 416 g/mol. The molecule has 0 saturated heterocycles. The molecule has 0 unspecified atom stereocenters. The molecule has 5 nitrogen and oxygen atoms in total. The normalized spacial score (nSPS) is 12.6. The first-order chi connectivity index (χ1) is 12.6. The number of benzene rings is 2. The largest absolute Gasteiger partial charge is 0.492 e. The number of fused-ring (bicyclic) bond motifs is 1. The quantitative estimate of drug-likeness (QED) is 0.732. The summed E-state index contributed by atoms with van der Waals surface area (Å²) in [5, 5.41) is 2.86. The predicted octanol–water partition coefficient (Wildman–Crippen LogP) is 3.56. The molecule has 1 aliphatic heterocycles. The average molecular weight is 417 g/mol. The van der Waals surface area contributed by atoms with Crippen LogP contribution in [0.1, 0.15) is 29.3 Å². The molecule has 0 saturated carbocycles. The van der Waals surface area contributed by atoms with Crippen LogP contribution >= 0.6 is 15.9 Å². The van der Waals surface area contributed by atoms with Crippen molar-refractivity contribution in [2.75, 3.05) is 24.6 Å². The standard InChI is InChI=1S/C20H21BrN2O3/c1-2-19(24)23-10-8-14-12-15(6-7-18(14)23)20(25)22-9-11-26-17-5-3-4-16(21)13-17/h3-7,12-13H,2,8-11H2,1H3,(H,22,25). The van der Waals surface area contributed by atoms with Crippen molar-refractivity contribution in [3.8, 4) is 5.75 Å². The molecule has 6 heteroatoms. The van der Waals surface area contributed by atoms with Gasteiger partial charge in [-0.25, -0.2) is 0 Å². The molecule has 0 spiro atoms. The molecular weight excluding hydrogens is 396 g/mol. The van der Waals surface area contributed by atoms with Crippen LogP contribution in [0.25, 0.3) is 0 Å². The SMILES string of the molecule is CCC(=O)N1CCc2cc(C(=O)NCCOc3cccc(Br)c3)ccc21. The maximum Gasteiger partial charge on any atom is 0.251 e. The summed E-state index contributed by atoms with van der Waals surface area (Å²) in [6.45, 7) is 3.36. The van der Waals surface area contributed by atoms with E-state index in [1.165, 1.54) is 0 Å². The van der Waals surface area contributed by atoms with Gasteiger partial charge in [-0.1, -0.05) is 28.9 Å². The molecule has 3 rings (SSSR count). The third-order valence-corrected chi connectivity index (χ3v) is 4.79. The summed E-state index contributed by atoms with van der Waals surface area (Å²) < 4.78 is 6.56. The van der Waals surface area contributed by atoms with Crippen molar-refractivity contribution in [2.45, 2.75) is 19.8 Å². The summed E-state index contributed by atoms with van der Waals surface area (Å²) in [6, 6.07) is 13.1. The Balaban J connectivity index is 1.53. The summed E-state index contributed by atoms with van der Waals surface area (Å²) in [5.41, 5.74) is 2.58. The van der Waals surface area contributed by atoms with Crippen molar-refractivity contribution in [1.29, 1.82) is 0 Å². The van der Waals surface area contributed by atoms with E-state index < -0.39 is 0 Å². The molecule has 0 bridgehead atoms. The van der Waals surface area contributed by atoms with E-state index >= 15 is 0 Å². The van der Waals surface area contributed by atoms with Crippen LogP contribution in [-0.2, 0) is 11.2 Å². The van der Waals surface area contributed by atoms with Gasteiger partial charge >= 0.3 is 0 Å². The Morgan fingerprint density at radius 2 is 2.08 bits per heavy atom. The Labute approximate surface area is 161 Å². The molecule has 0 aliphatic carbocycles. The zero-order valence-electron chi connectivity index (χ0n) is 14.6. The van der Waals surface area contributed by atoms with Gasteiger partial charge in [0.1, 0.15) is 12.4 Å². The third kappa shape index (κ3) is 4.25. The van der Waals surface area contributed by atoms with E-state index in [1.54, 1.807) is 11.0 Å². The van der Waals surface area contributed by atoms with E-state index in [0.29, 0.717) is 31.7 Å². The molecule has 0 aromatic heterocycles. The van der Waals surface area contributed by atoms with Gasteiger partial charge in [-0.15, -0.1) is 0 Å². The highest BCUT2D eigenvalue weighted by atomic mass is 79.9. The fraction of sp³-hybridized carbons (Fsp3) is 0.300. The Bertz CT molecular complexity index is 822. The number of hydrogen-bond acceptors (Lipinski definition) is 3. The first kappa shape index (κ1) is 18.5. The number of ether oxygens (including phenoxy) is 1. The van der Waals surface area contributed by atoms with Crippen LogP contribution < -0.4 is 15.0 Å². The Morgan fingerprint density at radius 3 is 2.85 bits per heavy atom. The van der Waals surface area contributed by atoms with Gasteiger partial charge < -0.3 is 15.0 Å². The maximum atomic E-state index is 12.3. The molecule has 1 aliphatic rings. The average Bonchev–Trinajstić information content (AvgIpc) is 3.07. The van der Waals surface area contributed by atoms with Gasteiger partial charge in [-0.2, -0.15) is 0 Å². The number of nitrogens with one attached hydrogen (secondary N) is 1. The smallest absolute Gasteiger partial charge is 0.251 e. The molecule has 26 heavy (non-hydrogen) atoms. The van der Waals surface area contributed by atoms with Crippen LogP contribution in [0.3, 0.4) is 0 Å².